The van der Waals surface area contributed by atoms with E-state index in [2.05, 4.69) is 24.0 Å². The maximum atomic E-state index is 12.7. The number of ether oxygens (including phenoxy) is 1. The molecule has 0 amide bonds. The molecule has 0 radical (unpaired) electrons. The smallest absolute Gasteiger partial charge is 0.332 e. The first-order chi connectivity index (χ1) is 15.0. The topological polar surface area (TPSA) is 74.3 Å². The van der Waals surface area contributed by atoms with Gasteiger partial charge in [-0.25, -0.2) is 4.79 Å². The third-order valence-electron chi connectivity index (χ3n) is 5.90. The van der Waals surface area contributed by atoms with Crippen molar-refractivity contribution < 1.29 is 4.74 Å². The number of imidazole rings is 1. The van der Waals surface area contributed by atoms with E-state index in [9.17, 15) is 9.59 Å². The predicted molar refractivity (Wildman–Crippen MR) is 119 cm³/mol. The lowest BCUT2D eigenvalue weighted by Gasteiger charge is -2.17. The molecule has 0 atom stereocenters. The maximum Gasteiger partial charge on any atom is 0.332 e. The average molecular weight is 417 g/mol. The number of aryl methyl sites for hydroxylation is 2. The Morgan fingerprint density at radius 1 is 1.00 bits per heavy atom. The average Bonchev–Trinajstić information content (AvgIpc) is 3.35. The predicted octanol–water partition coefficient (Wildman–Crippen LogP) is 2.47. The molecular formula is C23H23N5O3. The van der Waals surface area contributed by atoms with E-state index in [1.807, 2.05) is 45.9 Å². The summed E-state index contributed by atoms with van der Waals surface area (Å²) in [6.07, 6.45) is 0. The molecule has 0 aliphatic carbocycles. The van der Waals surface area contributed by atoms with Crippen LogP contribution in [-0.2, 0) is 27.2 Å². The Labute approximate surface area is 178 Å². The monoisotopic (exact) mass is 417 g/mol. The first-order valence-corrected chi connectivity index (χ1v) is 10.2. The van der Waals surface area contributed by atoms with Gasteiger partial charge in [-0.15, -0.1) is 0 Å². The summed E-state index contributed by atoms with van der Waals surface area (Å²) in [5.74, 6) is 1.42. The molecule has 0 bridgehead atoms. The number of nitrogens with zero attached hydrogens (tertiary/aromatic N) is 5. The molecule has 3 heterocycles. The van der Waals surface area contributed by atoms with E-state index < -0.39 is 0 Å². The Morgan fingerprint density at radius 3 is 2.61 bits per heavy atom. The van der Waals surface area contributed by atoms with Crippen LogP contribution in [0.1, 0.15) is 11.1 Å². The van der Waals surface area contributed by atoms with E-state index in [0.717, 1.165) is 21.6 Å². The van der Waals surface area contributed by atoms with Crippen LogP contribution in [0.15, 0.2) is 58.1 Å². The SMILES string of the molecule is Cc1ccccc1COc1cccc(N2CCn3c2nc2c3c(=O)n(C)c(=O)n2C)c1. The zero-order valence-corrected chi connectivity index (χ0v) is 17.7. The highest BCUT2D eigenvalue weighted by molar-refractivity contribution is 5.77. The molecule has 8 nitrogen and oxygen atoms in total. The van der Waals surface area contributed by atoms with E-state index in [1.54, 1.807) is 7.05 Å². The number of hydrogen-bond acceptors (Lipinski definition) is 5. The van der Waals surface area contributed by atoms with Crippen molar-refractivity contribution in [1.29, 1.82) is 0 Å². The van der Waals surface area contributed by atoms with Gasteiger partial charge >= 0.3 is 5.69 Å². The van der Waals surface area contributed by atoms with Gasteiger partial charge in [0, 0.05) is 38.9 Å². The molecule has 31 heavy (non-hydrogen) atoms. The van der Waals surface area contributed by atoms with Crippen LogP contribution in [0.5, 0.6) is 5.75 Å². The molecule has 158 valence electrons. The van der Waals surface area contributed by atoms with Crippen LogP contribution in [0.4, 0.5) is 11.6 Å². The molecule has 0 fully saturated rings. The quantitative estimate of drug-likeness (QED) is 0.510. The molecule has 8 heteroatoms. The lowest BCUT2D eigenvalue weighted by molar-refractivity contribution is 0.305. The van der Waals surface area contributed by atoms with Crippen molar-refractivity contribution in [3.63, 3.8) is 0 Å². The van der Waals surface area contributed by atoms with Crippen molar-refractivity contribution in [2.24, 2.45) is 14.1 Å². The highest BCUT2D eigenvalue weighted by Crippen LogP contribution is 2.33. The molecule has 1 aliphatic heterocycles. The van der Waals surface area contributed by atoms with Crippen molar-refractivity contribution in [3.05, 3.63) is 80.5 Å². The summed E-state index contributed by atoms with van der Waals surface area (Å²) in [5, 5.41) is 0. The fourth-order valence-corrected chi connectivity index (χ4v) is 4.07. The van der Waals surface area contributed by atoms with E-state index in [1.165, 1.54) is 17.2 Å². The maximum absolute atomic E-state index is 12.7. The molecule has 0 spiro atoms. The summed E-state index contributed by atoms with van der Waals surface area (Å²) in [5.41, 5.74) is 3.42. The van der Waals surface area contributed by atoms with Crippen molar-refractivity contribution in [2.45, 2.75) is 20.1 Å². The second-order valence-corrected chi connectivity index (χ2v) is 7.81. The second-order valence-electron chi connectivity index (χ2n) is 7.81. The largest absolute Gasteiger partial charge is 0.489 e. The van der Waals surface area contributed by atoms with E-state index >= 15 is 0 Å². The summed E-state index contributed by atoms with van der Waals surface area (Å²) in [6, 6.07) is 16.0. The first kappa shape index (κ1) is 19.2. The first-order valence-electron chi connectivity index (χ1n) is 10.2. The minimum atomic E-state index is -0.382. The normalized spacial score (nSPS) is 13.1. The van der Waals surface area contributed by atoms with Crippen molar-refractivity contribution >= 4 is 22.8 Å². The zero-order chi connectivity index (χ0) is 21.7. The Bertz CT molecular complexity index is 1430. The molecule has 2 aromatic carbocycles. The highest BCUT2D eigenvalue weighted by Gasteiger charge is 2.28. The fourth-order valence-electron chi connectivity index (χ4n) is 4.07. The van der Waals surface area contributed by atoms with Crippen molar-refractivity contribution in [3.8, 4) is 5.75 Å². The van der Waals surface area contributed by atoms with Crippen LogP contribution in [-0.4, -0.2) is 25.2 Å². The standard InChI is InChI=1S/C23H23N5O3/c1-15-7-4-5-8-16(15)14-31-18-10-6-9-17(13-18)27-11-12-28-19-20(24-22(27)28)25(2)23(30)26(3)21(19)29/h4-10,13H,11-12,14H2,1-3H3. The number of anilines is 2. The van der Waals surface area contributed by atoms with Crippen molar-refractivity contribution in [2.75, 3.05) is 11.4 Å². The Balaban J connectivity index is 1.50. The van der Waals surface area contributed by atoms with Crippen LogP contribution in [0.2, 0.25) is 0 Å². The van der Waals surface area contributed by atoms with Gasteiger partial charge in [-0.2, -0.15) is 4.98 Å². The van der Waals surface area contributed by atoms with Crippen LogP contribution in [0.25, 0.3) is 11.2 Å². The molecule has 0 saturated carbocycles. The molecule has 2 aromatic heterocycles. The highest BCUT2D eigenvalue weighted by atomic mass is 16.5. The molecule has 0 N–H and O–H groups in total. The van der Waals surface area contributed by atoms with Crippen molar-refractivity contribution in [1.82, 2.24) is 18.7 Å². The molecule has 0 saturated heterocycles. The molecule has 5 rings (SSSR count). The lowest BCUT2D eigenvalue weighted by atomic mass is 10.1. The molecule has 1 aliphatic rings. The number of benzene rings is 2. The fraction of sp³-hybridized carbons (Fsp3) is 0.261. The second kappa shape index (κ2) is 7.16. The van der Waals surface area contributed by atoms with Gasteiger partial charge in [0.05, 0.1) is 0 Å². The Morgan fingerprint density at radius 2 is 1.81 bits per heavy atom. The van der Waals surface area contributed by atoms with Gasteiger partial charge in [-0.1, -0.05) is 30.3 Å². The van der Waals surface area contributed by atoms with Crippen LogP contribution in [0, 0.1) is 6.92 Å². The van der Waals surface area contributed by atoms with Gasteiger partial charge in [-0.3, -0.25) is 13.9 Å². The Kier molecular flexibility index (Phi) is 4.43. The molecule has 4 aromatic rings. The Hall–Kier alpha value is -3.81. The third-order valence-corrected chi connectivity index (χ3v) is 5.90. The van der Waals surface area contributed by atoms with E-state index in [4.69, 9.17) is 4.74 Å². The van der Waals surface area contributed by atoms with Crippen LogP contribution >= 0.6 is 0 Å². The number of fused-ring (bicyclic) bond motifs is 3. The van der Waals surface area contributed by atoms with E-state index in [-0.39, 0.29) is 11.2 Å². The minimum Gasteiger partial charge on any atom is -0.489 e. The molecular weight excluding hydrogens is 394 g/mol. The third kappa shape index (κ3) is 3.02. The van der Waals surface area contributed by atoms with Gasteiger partial charge in [0.15, 0.2) is 11.2 Å². The van der Waals surface area contributed by atoms with Gasteiger partial charge in [0.25, 0.3) is 5.56 Å². The summed E-state index contributed by atoms with van der Waals surface area (Å²) in [4.78, 5) is 31.7. The van der Waals surface area contributed by atoms with Crippen LogP contribution < -0.4 is 20.9 Å². The van der Waals surface area contributed by atoms with Gasteiger partial charge in [-0.05, 0) is 30.2 Å². The minimum absolute atomic E-state index is 0.325. The summed E-state index contributed by atoms with van der Waals surface area (Å²) in [6.45, 7) is 3.87. The molecule has 0 unspecified atom stereocenters. The van der Waals surface area contributed by atoms with Gasteiger partial charge < -0.3 is 14.2 Å². The number of aromatic nitrogens is 4. The summed E-state index contributed by atoms with van der Waals surface area (Å²) in [7, 11) is 3.13. The zero-order valence-electron chi connectivity index (χ0n) is 17.7. The number of rotatable bonds is 4. The van der Waals surface area contributed by atoms with Gasteiger partial charge in [0.1, 0.15) is 12.4 Å². The summed E-state index contributed by atoms with van der Waals surface area (Å²) >= 11 is 0. The number of hydrogen-bond donors (Lipinski definition) is 0. The summed E-state index contributed by atoms with van der Waals surface area (Å²) < 4.78 is 10.5. The van der Waals surface area contributed by atoms with Crippen LogP contribution in [0.3, 0.4) is 0 Å². The lowest BCUT2D eigenvalue weighted by Crippen LogP contribution is -2.37. The van der Waals surface area contributed by atoms with Gasteiger partial charge in [0.2, 0.25) is 5.95 Å². The van der Waals surface area contributed by atoms with E-state index in [0.29, 0.717) is 36.8 Å².